The second-order valence-corrected chi connectivity index (χ2v) is 7.90. The van der Waals surface area contributed by atoms with Crippen molar-refractivity contribution >= 4 is 0 Å². The Bertz CT molecular complexity index is 457. The highest BCUT2D eigenvalue weighted by atomic mass is 14.9. The highest BCUT2D eigenvalue weighted by Crippen LogP contribution is 2.62. The van der Waals surface area contributed by atoms with E-state index in [9.17, 15) is 0 Å². The quantitative estimate of drug-likeness (QED) is 0.801. The summed E-state index contributed by atoms with van der Waals surface area (Å²) in [7, 11) is 0. The molecule has 1 heteroatoms. The first-order chi connectivity index (χ1) is 10.1. The lowest BCUT2D eigenvalue weighted by Crippen LogP contribution is -2.53. The number of rotatable bonds is 5. The van der Waals surface area contributed by atoms with Crippen LogP contribution in [0.2, 0.25) is 0 Å². The number of hydrogen-bond donors (Lipinski definition) is 1. The van der Waals surface area contributed by atoms with Crippen LogP contribution in [0.1, 0.15) is 76.3 Å². The van der Waals surface area contributed by atoms with Gasteiger partial charge < -0.3 is 5.32 Å². The predicted molar refractivity (Wildman–Crippen MR) is 90.9 cm³/mol. The van der Waals surface area contributed by atoms with Gasteiger partial charge >= 0.3 is 0 Å². The van der Waals surface area contributed by atoms with Crippen molar-refractivity contribution in [3.05, 3.63) is 35.4 Å². The number of likely N-dealkylation sites (N-methyl/N-ethyl adjacent to an activating group) is 1. The zero-order valence-electron chi connectivity index (χ0n) is 14.0. The van der Waals surface area contributed by atoms with E-state index in [1.165, 1.54) is 44.1 Å². The Balaban J connectivity index is 1.79. The minimum Gasteiger partial charge on any atom is -0.316 e. The molecule has 116 valence electrons. The van der Waals surface area contributed by atoms with E-state index in [-0.39, 0.29) is 0 Å². The number of hydrogen-bond acceptors (Lipinski definition) is 1. The molecule has 2 aliphatic rings. The molecule has 0 unspecified atom stereocenters. The average molecular weight is 285 g/mol. The second kappa shape index (κ2) is 5.76. The van der Waals surface area contributed by atoms with Gasteiger partial charge in [-0.3, -0.25) is 0 Å². The molecule has 0 bridgehead atoms. The van der Waals surface area contributed by atoms with Crippen LogP contribution in [0.15, 0.2) is 24.3 Å². The Labute approximate surface area is 130 Å². The van der Waals surface area contributed by atoms with Gasteiger partial charge in [-0.05, 0) is 54.7 Å². The van der Waals surface area contributed by atoms with Crippen LogP contribution in [0.3, 0.4) is 0 Å². The van der Waals surface area contributed by atoms with Crippen LogP contribution in [0.4, 0.5) is 0 Å². The summed E-state index contributed by atoms with van der Waals surface area (Å²) in [6, 6.07) is 9.53. The summed E-state index contributed by atoms with van der Waals surface area (Å²) in [6.07, 6.45) is 8.70. The molecule has 0 aliphatic heterocycles. The van der Waals surface area contributed by atoms with E-state index in [1.54, 1.807) is 5.56 Å². The average Bonchev–Trinajstić information content (AvgIpc) is 2.93. The molecule has 1 N–H and O–H groups in total. The molecular formula is C20H31N. The molecule has 1 aromatic rings. The standard InChI is InChI=1S/C20H31N/c1-4-21-15-20(13-19(14-20)11-5-6-12-19)18-9-7-17(8-10-18)16(2)3/h7-10,16,21H,4-6,11-15H2,1-3H3. The summed E-state index contributed by atoms with van der Waals surface area (Å²) in [5.74, 6) is 0.631. The maximum atomic E-state index is 3.63. The fourth-order valence-corrected chi connectivity index (χ4v) is 4.88. The smallest absolute Gasteiger partial charge is 0.00883 e. The fourth-order valence-electron chi connectivity index (χ4n) is 4.88. The minimum atomic E-state index is 0.413. The van der Waals surface area contributed by atoms with Crippen molar-refractivity contribution in [1.82, 2.24) is 5.32 Å². The highest BCUT2D eigenvalue weighted by molar-refractivity contribution is 5.35. The zero-order valence-corrected chi connectivity index (χ0v) is 14.0. The molecular weight excluding hydrogens is 254 g/mol. The van der Waals surface area contributed by atoms with E-state index in [4.69, 9.17) is 0 Å². The van der Waals surface area contributed by atoms with E-state index < -0.39 is 0 Å². The molecule has 2 fully saturated rings. The molecule has 1 spiro atoms. The summed E-state index contributed by atoms with van der Waals surface area (Å²) >= 11 is 0. The van der Waals surface area contributed by atoms with E-state index in [0.717, 1.165) is 13.1 Å². The third kappa shape index (κ3) is 2.77. The van der Waals surface area contributed by atoms with E-state index >= 15 is 0 Å². The summed E-state index contributed by atoms with van der Waals surface area (Å²) in [5.41, 5.74) is 4.15. The van der Waals surface area contributed by atoms with Gasteiger partial charge in [-0.25, -0.2) is 0 Å². The van der Waals surface area contributed by atoms with Crippen LogP contribution in [-0.4, -0.2) is 13.1 Å². The monoisotopic (exact) mass is 285 g/mol. The van der Waals surface area contributed by atoms with Crippen LogP contribution >= 0.6 is 0 Å². The van der Waals surface area contributed by atoms with E-state index in [0.29, 0.717) is 16.7 Å². The maximum Gasteiger partial charge on any atom is 0.00883 e. The molecule has 0 atom stereocenters. The second-order valence-electron chi connectivity index (χ2n) is 7.90. The molecule has 0 amide bonds. The molecule has 0 aromatic heterocycles. The first-order valence-electron chi connectivity index (χ1n) is 8.90. The minimum absolute atomic E-state index is 0.413. The van der Waals surface area contributed by atoms with Gasteiger partial charge in [0.25, 0.3) is 0 Å². The molecule has 0 radical (unpaired) electrons. The van der Waals surface area contributed by atoms with Gasteiger partial charge in [0.2, 0.25) is 0 Å². The Morgan fingerprint density at radius 3 is 2.19 bits per heavy atom. The topological polar surface area (TPSA) is 12.0 Å². The third-order valence-corrected chi connectivity index (χ3v) is 5.99. The lowest BCUT2D eigenvalue weighted by atomic mass is 9.49. The van der Waals surface area contributed by atoms with Crippen LogP contribution in [0, 0.1) is 5.41 Å². The van der Waals surface area contributed by atoms with Crippen LogP contribution < -0.4 is 5.32 Å². The first-order valence-corrected chi connectivity index (χ1v) is 8.90. The summed E-state index contributed by atoms with van der Waals surface area (Å²) in [4.78, 5) is 0. The largest absolute Gasteiger partial charge is 0.316 e. The molecule has 1 nitrogen and oxygen atoms in total. The Hall–Kier alpha value is -0.820. The van der Waals surface area contributed by atoms with E-state index in [1.807, 2.05) is 0 Å². The zero-order chi connectivity index (χ0) is 14.9. The van der Waals surface area contributed by atoms with Crippen molar-refractivity contribution in [1.29, 1.82) is 0 Å². The first kappa shape index (κ1) is 15.1. The summed E-state index contributed by atoms with van der Waals surface area (Å²) in [6.45, 7) is 9.02. The molecule has 2 saturated carbocycles. The molecule has 0 saturated heterocycles. The predicted octanol–water partition coefficient (Wildman–Crippen LogP) is 5.01. The lowest BCUT2D eigenvalue weighted by Gasteiger charge is -2.56. The summed E-state index contributed by atoms with van der Waals surface area (Å²) < 4.78 is 0. The normalized spacial score (nSPS) is 22.7. The number of nitrogens with one attached hydrogen (secondary N) is 1. The van der Waals surface area contributed by atoms with E-state index in [2.05, 4.69) is 50.4 Å². The maximum absolute atomic E-state index is 3.63. The Morgan fingerprint density at radius 2 is 1.67 bits per heavy atom. The fraction of sp³-hybridized carbons (Fsp3) is 0.700. The Morgan fingerprint density at radius 1 is 1.05 bits per heavy atom. The van der Waals surface area contributed by atoms with Gasteiger partial charge in [-0.15, -0.1) is 0 Å². The number of benzene rings is 1. The SMILES string of the molecule is CCNCC1(c2ccc(C(C)C)cc2)CC2(CCCC2)C1. The van der Waals surface area contributed by atoms with Gasteiger partial charge in [-0.2, -0.15) is 0 Å². The van der Waals surface area contributed by atoms with Gasteiger partial charge in [0.1, 0.15) is 0 Å². The summed E-state index contributed by atoms with van der Waals surface area (Å²) in [5, 5.41) is 3.63. The van der Waals surface area contributed by atoms with Gasteiger partial charge in [0.05, 0.1) is 0 Å². The van der Waals surface area contributed by atoms with Gasteiger partial charge in [-0.1, -0.05) is 57.9 Å². The van der Waals surface area contributed by atoms with Crippen LogP contribution in [0.25, 0.3) is 0 Å². The lowest BCUT2D eigenvalue weighted by molar-refractivity contribution is 0.0273. The molecule has 2 aliphatic carbocycles. The Kier molecular flexibility index (Phi) is 4.14. The molecule has 1 aromatic carbocycles. The molecule has 21 heavy (non-hydrogen) atoms. The van der Waals surface area contributed by atoms with Crippen molar-refractivity contribution < 1.29 is 0 Å². The van der Waals surface area contributed by atoms with Gasteiger partial charge in [0, 0.05) is 12.0 Å². The van der Waals surface area contributed by atoms with Crippen molar-refractivity contribution in [2.75, 3.05) is 13.1 Å². The van der Waals surface area contributed by atoms with Crippen LogP contribution in [0.5, 0.6) is 0 Å². The van der Waals surface area contributed by atoms with Gasteiger partial charge in [0.15, 0.2) is 0 Å². The van der Waals surface area contributed by atoms with Crippen LogP contribution in [-0.2, 0) is 5.41 Å². The molecule has 0 heterocycles. The van der Waals surface area contributed by atoms with Crippen molar-refractivity contribution in [2.45, 2.75) is 70.6 Å². The van der Waals surface area contributed by atoms with Crippen molar-refractivity contribution in [3.8, 4) is 0 Å². The third-order valence-electron chi connectivity index (χ3n) is 5.99. The van der Waals surface area contributed by atoms with Crippen molar-refractivity contribution in [2.24, 2.45) is 5.41 Å². The highest BCUT2D eigenvalue weighted by Gasteiger charge is 2.55. The van der Waals surface area contributed by atoms with Crippen molar-refractivity contribution in [3.63, 3.8) is 0 Å². The molecule has 3 rings (SSSR count).